The fraction of sp³-hybridized carbons (Fsp3) is 0.650. The molecule has 1 aromatic rings. The van der Waals surface area contributed by atoms with Gasteiger partial charge in [-0.2, -0.15) is 0 Å². The van der Waals surface area contributed by atoms with Gasteiger partial charge < -0.3 is 24.8 Å². The van der Waals surface area contributed by atoms with Crippen molar-refractivity contribution in [2.45, 2.75) is 38.5 Å². The zero-order valence-electron chi connectivity index (χ0n) is 16.5. The summed E-state index contributed by atoms with van der Waals surface area (Å²) in [6, 6.07) is 6.31. The molecule has 0 aromatic heterocycles. The molecule has 152 valence electrons. The number of aliphatic imine (C=N–C) groups is 1. The van der Waals surface area contributed by atoms with Gasteiger partial charge in [0.05, 0.1) is 0 Å². The normalized spacial score (nSPS) is 18.1. The zero-order chi connectivity index (χ0) is 18.4. The Hall–Kier alpha value is -1.22. The molecule has 6 nitrogen and oxygen atoms in total. The lowest BCUT2D eigenvalue weighted by molar-refractivity contribution is 0.0513. The van der Waals surface area contributed by atoms with Gasteiger partial charge in [-0.25, -0.2) is 0 Å². The van der Waals surface area contributed by atoms with Crippen LogP contribution in [0.3, 0.4) is 0 Å². The molecule has 27 heavy (non-hydrogen) atoms. The van der Waals surface area contributed by atoms with E-state index in [1.165, 1.54) is 5.56 Å². The Morgan fingerprint density at radius 3 is 2.59 bits per heavy atom. The summed E-state index contributed by atoms with van der Waals surface area (Å²) < 4.78 is 16.7. The van der Waals surface area contributed by atoms with Crippen LogP contribution in [-0.4, -0.2) is 46.1 Å². The van der Waals surface area contributed by atoms with E-state index in [2.05, 4.69) is 41.6 Å². The SMILES string of the molecule is CN=C(NCCC(C)C)NCC1(c2ccc3c(c2)OCO3)CCOCC1.I. The minimum atomic E-state index is 0. The molecule has 0 radical (unpaired) electrons. The smallest absolute Gasteiger partial charge is 0.231 e. The van der Waals surface area contributed by atoms with Crippen LogP contribution in [0.25, 0.3) is 0 Å². The average molecular weight is 489 g/mol. The lowest BCUT2D eigenvalue weighted by Crippen LogP contribution is -2.48. The molecule has 0 unspecified atom stereocenters. The first kappa shape index (κ1) is 22.1. The van der Waals surface area contributed by atoms with E-state index in [4.69, 9.17) is 14.2 Å². The maximum atomic E-state index is 5.63. The van der Waals surface area contributed by atoms with Crippen molar-refractivity contribution >= 4 is 29.9 Å². The maximum Gasteiger partial charge on any atom is 0.231 e. The van der Waals surface area contributed by atoms with Gasteiger partial charge in [0.25, 0.3) is 0 Å². The molecule has 2 heterocycles. The Balaban J connectivity index is 0.00000261. The van der Waals surface area contributed by atoms with Crippen molar-refractivity contribution in [1.82, 2.24) is 10.6 Å². The number of rotatable bonds is 6. The fourth-order valence-corrected chi connectivity index (χ4v) is 3.51. The first-order chi connectivity index (χ1) is 12.6. The number of benzene rings is 1. The second kappa shape index (κ2) is 10.4. The number of hydrogen-bond acceptors (Lipinski definition) is 4. The number of halogens is 1. The number of nitrogens with one attached hydrogen (secondary N) is 2. The van der Waals surface area contributed by atoms with E-state index < -0.39 is 0 Å². The molecule has 0 spiro atoms. The quantitative estimate of drug-likeness (QED) is 0.365. The third-order valence-electron chi connectivity index (χ3n) is 5.27. The van der Waals surface area contributed by atoms with E-state index in [-0.39, 0.29) is 29.4 Å². The Morgan fingerprint density at radius 2 is 1.89 bits per heavy atom. The summed E-state index contributed by atoms with van der Waals surface area (Å²) in [6.07, 6.45) is 3.08. The summed E-state index contributed by atoms with van der Waals surface area (Å²) in [5, 5.41) is 6.94. The number of hydrogen-bond donors (Lipinski definition) is 2. The number of fused-ring (bicyclic) bond motifs is 1. The zero-order valence-corrected chi connectivity index (χ0v) is 18.9. The van der Waals surface area contributed by atoms with Gasteiger partial charge in [-0.05, 0) is 42.9 Å². The highest BCUT2D eigenvalue weighted by molar-refractivity contribution is 14.0. The van der Waals surface area contributed by atoms with Gasteiger partial charge in [0.2, 0.25) is 6.79 Å². The summed E-state index contributed by atoms with van der Waals surface area (Å²) in [5.41, 5.74) is 1.28. The van der Waals surface area contributed by atoms with Gasteiger partial charge in [0, 0.05) is 38.8 Å². The second-order valence-corrected chi connectivity index (χ2v) is 7.50. The van der Waals surface area contributed by atoms with E-state index in [1.807, 2.05) is 13.1 Å². The molecule has 1 saturated heterocycles. The van der Waals surface area contributed by atoms with Crippen LogP contribution in [0.4, 0.5) is 0 Å². The Labute approximate surface area is 179 Å². The highest BCUT2D eigenvalue weighted by Gasteiger charge is 2.35. The van der Waals surface area contributed by atoms with Crippen LogP contribution < -0.4 is 20.1 Å². The summed E-state index contributed by atoms with van der Waals surface area (Å²) in [4.78, 5) is 4.37. The third kappa shape index (κ3) is 5.63. The molecule has 0 bridgehead atoms. The molecule has 0 amide bonds. The molecule has 3 rings (SSSR count). The van der Waals surface area contributed by atoms with Crippen molar-refractivity contribution in [1.29, 1.82) is 0 Å². The highest BCUT2D eigenvalue weighted by atomic mass is 127. The van der Waals surface area contributed by atoms with Crippen LogP contribution in [0.5, 0.6) is 11.5 Å². The van der Waals surface area contributed by atoms with Crippen LogP contribution in [0.15, 0.2) is 23.2 Å². The van der Waals surface area contributed by atoms with E-state index in [0.717, 1.165) is 63.0 Å². The van der Waals surface area contributed by atoms with Gasteiger partial charge in [0.1, 0.15) is 0 Å². The molecule has 2 aliphatic rings. The van der Waals surface area contributed by atoms with E-state index in [1.54, 1.807) is 0 Å². The van der Waals surface area contributed by atoms with Crippen LogP contribution >= 0.6 is 24.0 Å². The summed E-state index contributed by atoms with van der Waals surface area (Å²) in [5.74, 6) is 3.20. The predicted molar refractivity (Wildman–Crippen MR) is 119 cm³/mol. The Bertz CT molecular complexity index is 631. The maximum absolute atomic E-state index is 5.63. The molecule has 0 saturated carbocycles. The van der Waals surface area contributed by atoms with Crippen LogP contribution in [0.2, 0.25) is 0 Å². The standard InChI is InChI=1S/C20H31N3O3.HI/c1-15(2)6-9-22-19(21-3)23-13-20(7-10-24-11-8-20)16-4-5-17-18(12-16)26-14-25-17;/h4-5,12,15H,6-11,13-14H2,1-3H3,(H2,21,22,23);1H. The van der Waals surface area contributed by atoms with Gasteiger partial charge in [-0.3, -0.25) is 4.99 Å². The third-order valence-corrected chi connectivity index (χ3v) is 5.27. The summed E-state index contributed by atoms with van der Waals surface area (Å²) in [6.45, 7) is 8.06. The topological polar surface area (TPSA) is 64.1 Å². The van der Waals surface area contributed by atoms with Crippen molar-refractivity contribution < 1.29 is 14.2 Å². The second-order valence-electron chi connectivity index (χ2n) is 7.50. The minimum Gasteiger partial charge on any atom is -0.454 e. The summed E-state index contributed by atoms with van der Waals surface area (Å²) >= 11 is 0. The molecule has 2 N–H and O–H groups in total. The van der Waals surface area contributed by atoms with Crippen LogP contribution in [-0.2, 0) is 10.2 Å². The number of ether oxygens (including phenoxy) is 3. The molecular formula is C20H32IN3O3. The van der Waals surface area contributed by atoms with Crippen LogP contribution in [0, 0.1) is 5.92 Å². The fourth-order valence-electron chi connectivity index (χ4n) is 3.51. The van der Waals surface area contributed by atoms with Gasteiger partial charge in [-0.15, -0.1) is 24.0 Å². The van der Waals surface area contributed by atoms with Gasteiger partial charge in [-0.1, -0.05) is 19.9 Å². The Morgan fingerprint density at radius 1 is 1.15 bits per heavy atom. The lowest BCUT2D eigenvalue weighted by atomic mass is 9.74. The van der Waals surface area contributed by atoms with Gasteiger partial charge >= 0.3 is 0 Å². The van der Waals surface area contributed by atoms with Crippen molar-refractivity contribution in [2.75, 3.05) is 40.1 Å². The molecule has 7 heteroatoms. The average Bonchev–Trinajstić information content (AvgIpc) is 3.13. The van der Waals surface area contributed by atoms with E-state index in [9.17, 15) is 0 Å². The first-order valence-corrected chi connectivity index (χ1v) is 9.55. The van der Waals surface area contributed by atoms with Crippen molar-refractivity contribution in [3.63, 3.8) is 0 Å². The summed E-state index contributed by atoms with van der Waals surface area (Å²) in [7, 11) is 1.82. The first-order valence-electron chi connectivity index (χ1n) is 9.55. The van der Waals surface area contributed by atoms with Crippen LogP contribution in [0.1, 0.15) is 38.7 Å². The Kier molecular flexibility index (Phi) is 8.47. The predicted octanol–water partition coefficient (Wildman–Crippen LogP) is 3.29. The van der Waals surface area contributed by atoms with Crippen molar-refractivity contribution in [3.8, 4) is 11.5 Å². The molecule has 2 aliphatic heterocycles. The van der Waals surface area contributed by atoms with Crippen molar-refractivity contribution in [2.24, 2.45) is 10.9 Å². The minimum absolute atomic E-state index is 0. The highest BCUT2D eigenvalue weighted by Crippen LogP contribution is 2.40. The number of guanidine groups is 1. The van der Waals surface area contributed by atoms with Crippen molar-refractivity contribution in [3.05, 3.63) is 23.8 Å². The molecular weight excluding hydrogens is 457 g/mol. The largest absolute Gasteiger partial charge is 0.454 e. The van der Waals surface area contributed by atoms with Gasteiger partial charge in [0.15, 0.2) is 17.5 Å². The van der Waals surface area contributed by atoms with E-state index in [0.29, 0.717) is 12.7 Å². The molecule has 1 fully saturated rings. The van der Waals surface area contributed by atoms with E-state index >= 15 is 0 Å². The molecule has 0 aliphatic carbocycles. The molecule has 1 aromatic carbocycles. The monoisotopic (exact) mass is 489 g/mol. The lowest BCUT2D eigenvalue weighted by Gasteiger charge is -2.38. The molecule has 0 atom stereocenters. The number of nitrogens with zero attached hydrogens (tertiary/aromatic N) is 1.